The zero-order valence-corrected chi connectivity index (χ0v) is 15.3. The number of hydrogen-bond donors (Lipinski definition) is 1. The van der Waals surface area contributed by atoms with Crippen molar-refractivity contribution in [1.29, 1.82) is 0 Å². The maximum Gasteiger partial charge on any atom is 0.158 e. The SMILES string of the molecule is C[Si](C)(C)c1ccc(Nc2cccc3c2oc2ccccc23)cc1. The van der Waals surface area contributed by atoms with Crippen molar-refractivity contribution in [3.8, 4) is 0 Å². The summed E-state index contributed by atoms with van der Waals surface area (Å²) in [5.41, 5.74) is 3.93. The Hall–Kier alpha value is -2.52. The van der Waals surface area contributed by atoms with E-state index in [1.165, 1.54) is 5.19 Å². The highest BCUT2D eigenvalue weighted by Gasteiger charge is 2.16. The molecule has 1 N–H and O–H groups in total. The summed E-state index contributed by atoms with van der Waals surface area (Å²) in [6, 6.07) is 23.2. The van der Waals surface area contributed by atoms with E-state index < -0.39 is 8.07 Å². The summed E-state index contributed by atoms with van der Waals surface area (Å²) < 4.78 is 6.08. The molecular formula is C21H21NOSi. The largest absolute Gasteiger partial charge is 0.454 e. The van der Waals surface area contributed by atoms with Gasteiger partial charge in [0.25, 0.3) is 0 Å². The highest BCUT2D eigenvalue weighted by Crippen LogP contribution is 2.34. The van der Waals surface area contributed by atoms with Crippen LogP contribution in [0.2, 0.25) is 19.6 Å². The van der Waals surface area contributed by atoms with Gasteiger partial charge in [0.05, 0.1) is 13.8 Å². The van der Waals surface area contributed by atoms with Gasteiger partial charge in [0.1, 0.15) is 5.58 Å². The van der Waals surface area contributed by atoms with Crippen LogP contribution in [0, 0.1) is 0 Å². The van der Waals surface area contributed by atoms with Gasteiger partial charge in [0, 0.05) is 16.5 Å². The lowest BCUT2D eigenvalue weighted by Crippen LogP contribution is -2.37. The fourth-order valence-electron chi connectivity index (χ4n) is 3.05. The Bertz CT molecular complexity index is 1010. The number of anilines is 2. The fourth-order valence-corrected chi connectivity index (χ4v) is 4.22. The van der Waals surface area contributed by atoms with Crippen LogP contribution in [0.5, 0.6) is 0 Å². The molecule has 0 aliphatic rings. The van der Waals surface area contributed by atoms with Gasteiger partial charge in [-0.3, -0.25) is 0 Å². The topological polar surface area (TPSA) is 25.2 Å². The molecule has 0 radical (unpaired) electrons. The number of benzene rings is 3. The molecular weight excluding hydrogens is 310 g/mol. The average molecular weight is 331 g/mol. The number of hydrogen-bond acceptors (Lipinski definition) is 2. The number of para-hydroxylation sites is 2. The van der Waals surface area contributed by atoms with E-state index in [0.29, 0.717) is 0 Å². The lowest BCUT2D eigenvalue weighted by atomic mass is 10.1. The Morgan fingerprint density at radius 1 is 0.750 bits per heavy atom. The Balaban J connectivity index is 1.74. The van der Waals surface area contributed by atoms with Crippen LogP contribution in [0.4, 0.5) is 11.4 Å². The van der Waals surface area contributed by atoms with Gasteiger partial charge in [-0.05, 0) is 24.3 Å². The second-order valence-corrected chi connectivity index (χ2v) is 12.3. The summed E-state index contributed by atoms with van der Waals surface area (Å²) in [7, 11) is -1.26. The van der Waals surface area contributed by atoms with E-state index in [1.807, 2.05) is 18.2 Å². The van der Waals surface area contributed by atoms with Crippen molar-refractivity contribution >= 4 is 46.6 Å². The van der Waals surface area contributed by atoms with Crippen LogP contribution >= 0.6 is 0 Å². The molecule has 0 aliphatic heterocycles. The lowest BCUT2D eigenvalue weighted by molar-refractivity contribution is 0.670. The van der Waals surface area contributed by atoms with Crippen LogP contribution in [-0.2, 0) is 0 Å². The summed E-state index contributed by atoms with van der Waals surface area (Å²) in [5.74, 6) is 0. The second-order valence-electron chi connectivity index (χ2n) is 7.23. The molecule has 0 unspecified atom stereocenters. The Morgan fingerprint density at radius 3 is 2.21 bits per heavy atom. The molecule has 0 amide bonds. The molecule has 120 valence electrons. The van der Waals surface area contributed by atoms with Crippen LogP contribution in [0.25, 0.3) is 21.9 Å². The molecule has 0 fully saturated rings. The first-order valence-corrected chi connectivity index (χ1v) is 11.8. The lowest BCUT2D eigenvalue weighted by Gasteiger charge is -2.17. The average Bonchev–Trinajstić information content (AvgIpc) is 2.94. The third-order valence-electron chi connectivity index (χ3n) is 4.43. The maximum atomic E-state index is 6.08. The third-order valence-corrected chi connectivity index (χ3v) is 6.50. The first-order valence-electron chi connectivity index (χ1n) is 8.30. The van der Waals surface area contributed by atoms with Gasteiger partial charge in [0.2, 0.25) is 0 Å². The van der Waals surface area contributed by atoms with E-state index in [0.717, 1.165) is 33.3 Å². The zero-order chi connectivity index (χ0) is 16.7. The van der Waals surface area contributed by atoms with Gasteiger partial charge in [-0.15, -0.1) is 0 Å². The zero-order valence-electron chi connectivity index (χ0n) is 14.3. The van der Waals surface area contributed by atoms with E-state index in [4.69, 9.17) is 4.42 Å². The summed E-state index contributed by atoms with van der Waals surface area (Å²) in [4.78, 5) is 0. The highest BCUT2D eigenvalue weighted by atomic mass is 28.3. The molecule has 2 nitrogen and oxygen atoms in total. The standard InChI is InChI=1S/C21H21NOSi/c1-24(2,3)16-13-11-15(12-14-16)22-19-9-6-8-18-17-7-4-5-10-20(17)23-21(18)19/h4-14,22H,1-3H3. The molecule has 1 heterocycles. The van der Waals surface area contributed by atoms with Crippen LogP contribution in [0.1, 0.15) is 0 Å². The van der Waals surface area contributed by atoms with Gasteiger partial charge in [-0.2, -0.15) is 0 Å². The molecule has 0 aliphatic carbocycles. The molecule has 4 rings (SSSR count). The van der Waals surface area contributed by atoms with Crippen LogP contribution in [0.3, 0.4) is 0 Å². The minimum atomic E-state index is -1.26. The Kier molecular flexibility index (Phi) is 3.46. The van der Waals surface area contributed by atoms with E-state index in [-0.39, 0.29) is 0 Å². The van der Waals surface area contributed by atoms with Crippen molar-refractivity contribution in [3.63, 3.8) is 0 Å². The Labute approximate surface area is 143 Å². The van der Waals surface area contributed by atoms with Gasteiger partial charge < -0.3 is 9.73 Å². The van der Waals surface area contributed by atoms with Crippen molar-refractivity contribution in [3.05, 3.63) is 66.7 Å². The minimum absolute atomic E-state index is 0.910. The molecule has 0 atom stereocenters. The molecule has 4 aromatic rings. The molecule has 3 aromatic carbocycles. The molecule has 24 heavy (non-hydrogen) atoms. The van der Waals surface area contributed by atoms with Gasteiger partial charge in [-0.25, -0.2) is 0 Å². The molecule has 3 heteroatoms. The molecule has 0 bridgehead atoms. The molecule has 0 saturated heterocycles. The van der Waals surface area contributed by atoms with Crippen LogP contribution < -0.4 is 10.5 Å². The monoisotopic (exact) mass is 331 g/mol. The Morgan fingerprint density at radius 2 is 1.46 bits per heavy atom. The summed E-state index contributed by atoms with van der Waals surface area (Å²) in [5, 5.41) is 7.28. The van der Waals surface area contributed by atoms with Gasteiger partial charge >= 0.3 is 0 Å². The van der Waals surface area contributed by atoms with Crippen molar-refractivity contribution in [1.82, 2.24) is 0 Å². The number of furan rings is 1. The second kappa shape index (κ2) is 5.53. The summed E-state index contributed by atoms with van der Waals surface area (Å²) in [6.45, 7) is 7.10. The van der Waals surface area contributed by atoms with E-state index in [2.05, 4.69) is 73.5 Å². The van der Waals surface area contributed by atoms with Crippen LogP contribution in [0.15, 0.2) is 71.1 Å². The van der Waals surface area contributed by atoms with Gasteiger partial charge in [0.15, 0.2) is 5.58 Å². The van der Waals surface area contributed by atoms with Gasteiger partial charge in [-0.1, -0.05) is 67.3 Å². The third kappa shape index (κ3) is 2.61. The first kappa shape index (κ1) is 15.0. The van der Waals surface area contributed by atoms with Crippen molar-refractivity contribution < 1.29 is 4.42 Å². The number of nitrogens with one attached hydrogen (secondary N) is 1. The normalized spacial score (nSPS) is 12.0. The van der Waals surface area contributed by atoms with Crippen molar-refractivity contribution in [2.45, 2.75) is 19.6 Å². The predicted octanol–water partition coefficient (Wildman–Crippen LogP) is 5.87. The quantitative estimate of drug-likeness (QED) is 0.475. The number of fused-ring (bicyclic) bond motifs is 3. The van der Waals surface area contributed by atoms with Crippen molar-refractivity contribution in [2.24, 2.45) is 0 Å². The summed E-state index contributed by atoms with van der Waals surface area (Å²) in [6.07, 6.45) is 0. The highest BCUT2D eigenvalue weighted by molar-refractivity contribution is 6.88. The molecule has 1 aromatic heterocycles. The van der Waals surface area contributed by atoms with Crippen molar-refractivity contribution in [2.75, 3.05) is 5.32 Å². The number of rotatable bonds is 3. The van der Waals surface area contributed by atoms with E-state index in [9.17, 15) is 0 Å². The maximum absolute atomic E-state index is 6.08. The molecule has 0 saturated carbocycles. The predicted molar refractivity (Wildman–Crippen MR) is 106 cm³/mol. The smallest absolute Gasteiger partial charge is 0.158 e. The minimum Gasteiger partial charge on any atom is -0.454 e. The fraction of sp³-hybridized carbons (Fsp3) is 0.143. The van der Waals surface area contributed by atoms with Crippen LogP contribution in [-0.4, -0.2) is 8.07 Å². The first-order chi connectivity index (χ1) is 11.5. The van der Waals surface area contributed by atoms with E-state index >= 15 is 0 Å². The van der Waals surface area contributed by atoms with E-state index in [1.54, 1.807) is 0 Å². The molecule has 0 spiro atoms. The summed E-state index contributed by atoms with van der Waals surface area (Å²) >= 11 is 0.